The zero-order valence-electron chi connectivity index (χ0n) is 11.5. The van der Waals surface area contributed by atoms with E-state index in [-0.39, 0.29) is 18.1 Å². The van der Waals surface area contributed by atoms with E-state index in [1.165, 1.54) is 0 Å². The molecule has 0 aromatic carbocycles. The van der Waals surface area contributed by atoms with Crippen molar-refractivity contribution in [3.63, 3.8) is 0 Å². The Morgan fingerprint density at radius 2 is 2.11 bits per heavy atom. The lowest BCUT2D eigenvalue weighted by Crippen LogP contribution is -2.37. The van der Waals surface area contributed by atoms with E-state index in [2.05, 4.69) is 25.1 Å². The highest BCUT2D eigenvalue weighted by molar-refractivity contribution is 5.10. The maximum absolute atomic E-state index is 13.1. The van der Waals surface area contributed by atoms with E-state index in [1.807, 2.05) is 13.0 Å². The van der Waals surface area contributed by atoms with E-state index in [0.29, 0.717) is 19.4 Å². The number of rotatable bonds is 5. The summed E-state index contributed by atoms with van der Waals surface area (Å²) in [5.41, 5.74) is 0.0192. The molecule has 1 aliphatic rings. The minimum absolute atomic E-state index is 0.0192. The summed E-state index contributed by atoms with van der Waals surface area (Å²) in [6, 6.07) is 0. The molecule has 1 N–H and O–H groups in total. The number of hydrogen-bond donors (Lipinski definition) is 1. The van der Waals surface area contributed by atoms with Crippen LogP contribution in [0.15, 0.2) is 0 Å². The van der Waals surface area contributed by atoms with Gasteiger partial charge >= 0.3 is 5.92 Å². The highest BCUT2D eigenvalue weighted by Gasteiger charge is 2.28. The molecule has 1 atom stereocenters. The molecule has 0 bridgehead atoms. The van der Waals surface area contributed by atoms with Crippen LogP contribution in [0.1, 0.15) is 46.0 Å². The van der Waals surface area contributed by atoms with E-state index in [9.17, 15) is 8.78 Å². The van der Waals surface area contributed by atoms with Gasteiger partial charge in [0, 0.05) is 25.0 Å². The van der Waals surface area contributed by atoms with Gasteiger partial charge in [0.05, 0.1) is 6.10 Å². The fourth-order valence-corrected chi connectivity index (χ4v) is 1.75. The molecule has 4 heteroatoms. The average molecular weight is 259 g/mol. The Hall–Kier alpha value is -0.660. The molecule has 1 aliphatic carbocycles. The molecule has 2 nitrogen and oxygen atoms in total. The van der Waals surface area contributed by atoms with E-state index in [0.717, 1.165) is 12.8 Å². The number of alkyl halides is 2. The summed E-state index contributed by atoms with van der Waals surface area (Å²) in [6.45, 7) is 4.78. The highest BCUT2D eigenvalue weighted by Crippen LogP contribution is 2.24. The third-order valence-electron chi connectivity index (χ3n) is 3.40. The third kappa shape index (κ3) is 5.79. The van der Waals surface area contributed by atoms with Gasteiger partial charge in [-0.15, -0.1) is 0 Å². The first-order chi connectivity index (χ1) is 8.35. The predicted molar refractivity (Wildman–Crippen MR) is 68.7 cm³/mol. The van der Waals surface area contributed by atoms with Crippen LogP contribution in [0.5, 0.6) is 0 Å². The summed E-state index contributed by atoms with van der Waals surface area (Å²) in [4.78, 5) is 0. The first-order valence-electron chi connectivity index (χ1n) is 6.53. The Morgan fingerprint density at radius 1 is 1.39 bits per heavy atom. The lowest BCUT2D eigenvalue weighted by molar-refractivity contribution is -0.00296. The van der Waals surface area contributed by atoms with E-state index < -0.39 is 5.92 Å². The summed E-state index contributed by atoms with van der Waals surface area (Å²) in [5.74, 6) is 1.71. The van der Waals surface area contributed by atoms with Gasteiger partial charge in [-0.05, 0) is 46.1 Å². The predicted octanol–water partition coefficient (Wildman–Crippen LogP) is 2.97. The van der Waals surface area contributed by atoms with Crippen LogP contribution in [-0.2, 0) is 4.74 Å². The van der Waals surface area contributed by atoms with Crippen molar-refractivity contribution in [2.75, 3.05) is 13.7 Å². The lowest BCUT2D eigenvalue weighted by Gasteiger charge is -2.26. The minimum Gasteiger partial charge on any atom is -0.378 e. The summed E-state index contributed by atoms with van der Waals surface area (Å²) in [7, 11) is 1.91. The van der Waals surface area contributed by atoms with E-state index in [1.54, 1.807) is 0 Å². The molecule has 0 aliphatic heterocycles. The lowest BCUT2D eigenvalue weighted by atomic mass is 10.0. The second-order valence-corrected chi connectivity index (χ2v) is 5.46. The summed E-state index contributed by atoms with van der Waals surface area (Å²) in [5, 5.41) is 3.19. The molecule has 0 radical (unpaired) electrons. The van der Waals surface area contributed by atoms with Crippen molar-refractivity contribution in [3.05, 3.63) is 0 Å². The molecule has 104 valence electrons. The van der Waals surface area contributed by atoms with Gasteiger partial charge in [0.2, 0.25) is 0 Å². The van der Waals surface area contributed by atoms with Crippen LogP contribution in [0.25, 0.3) is 0 Å². The normalized spacial score (nSPS) is 23.7. The monoisotopic (exact) mass is 259 g/mol. The molecule has 0 amide bonds. The molecule has 0 heterocycles. The smallest absolute Gasteiger partial charge is 0.308 e. The molecule has 0 aromatic rings. The topological polar surface area (TPSA) is 21.3 Å². The van der Waals surface area contributed by atoms with Gasteiger partial charge in [-0.2, -0.15) is 8.78 Å². The quantitative estimate of drug-likeness (QED) is 0.766. The molecule has 18 heavy (non-hydrogen) atoms. The first kappa shape index (κ1) is 15.4. The molecule has 0 saturated heterocycles. The van der Waals surface area contributed by atoms with E-state index in [4.69, 9.17) is 4.74 Å². The fraction of sp³-hybridized carbons (Fsp3) is 0.857. The minimum atomic E-state index is -2.84. The van der Waals surface area contributed by atoms with Crippen molar-refractivity contribution < 1.29 is 13.5 Å². The molecule has 0 saturated carbocycles. The number of ether oxygens (including phenoxy) is 1. The Balaban J connectivity index is 2.34. The SMILES string of the molecule is CNC(C)(C)CCOC1CCC#CC(F)(F)CC1. The number of halogens is 2. The van der Waals surface area contributed by atoms with Crippen molar-refractivity contribution in [1.29, 1.82) is 0 Å². The van der Waals surface area contributed by atoms with Crippen molar-refractivity contribution in [2.45, 2.75) is 63.5 Å². The zero-order valence-corrected chi connectivity index (χ0v) is 11.5. The fourth-order valence-electron chi connectivity index (χ4n) is 1.75. The maximum atomic E-state index is 13.1. The molecule has 1 unspecified atom stereocenters. The summed E-state index contributed by atoms with van der Waals surface area (Å²) < 4.78 is 32.0. The van der Waals surface area contributed by atoms with Crippen LogP contribution in [0.2, 0.25) is 0 Å². The molecular formula is C14H23F2NO. The Labute approximate surface area is 108 Å². The van der Waals surface area contributed by atoms with Crippen LogP contribution in [0, 0.1) is 11.8 Å². The van der Waals surface area contributed by atoms with Gasteiger partial charge in [0.1, 0.15) is 0 Å². The Morgan fingerprint density at radius 3 is 2.78 bits per heavy atom. The Kier molecular flexibility index (Phi) is 5.55. The molecular weight excluding hydrogens is 236 g/mol. The highest BCUT2D eigenvalue weighted by atomic mass is 19.3. The van der Waals surface area contributed by atoms with Crippen molar-refractivity contribution in [3.8, 4) is 11.8 Å². The standard InChI is InChI=1S/C14H23F2NO/c1-13(2,17-3)10-11-18-12-6-4-5-8-14(15,16)9-7-12/h12,17H,4,6-7,9-11H2,1-3H3. The van der Waals surface area contributed by atoms with Gasteiger partial charge in [-0.1, -0.05) is 5.92 Å². The van der Waals surface area contributed by atoms with Crippen molar-refractivity contribution in [1.82, 2.24) is 5.32 Å². The van der Waals surface area contributed by atoms with Crippen LogP contribution in [0.4, 0.5) is 8.78 Å². The van der Waals surface area contributed by atoms with Gasteiger partial charge in [0.25, 0.3) is 0 Å². The van der Waals surface area contributed by atoms with Gasteiger partial charge < -0.3 is 10.1 Å². The largest absolute Gasteiger partial charge is 0.378 e. The van der Waals surface area contributed by atoms with Crippen LogP contribution >= 0.6 is 0 Å². The molecule has 0 fully saturated rings. The van der Waals surface area contributed by atoms with Crippen LogP contribution in [-0.4, -0.2) is 31.2 Å². The second-order valence-electron chi connectivity index (χ2n) is 5.46. The third-order valence-corrected chi connectivity index (χ3v) is 3.40. The Bertz CT molecular complexity index is 317. The summed E-state index contributed by atoms with van der Waals surface area (Å²) >= 11 is 0. The molecule has 1 rings (SSSR count). The van der Waals surface area contributed by atoms with Crippen LogP contribution in [0.3, 0.4) is 0 Å². The van der Waals surface area contributed by atoms with Crippen LogP contribution < -0.4 is 5.32 Å². The van der Waals surface area contributed by atoms with E-state index >= 15 is 0 Å². The summed E-state index contributed by atoms with van der Waals surface area (Å²) in [6.07, 6.45) is 2.22. The number of hydrogen-bond acceptors (Lipinski definition) is 2. The zero-order chi connectivity index (χ0) is 13.6. The van der Waals surface area contributed by atoms with Gasteiger partial charge in [-0.25, -0.2) is 0 Å². The first-order valence-corrected chi connectivity index (χ1v) is 6.53. The average Bonchev–Trinajstić information content (AvgIpc) is 2.28. The van der Waals surface area contributed by atoms with Crippen molar-refractivity contribution >= 4 is 0 Å². The molecule has 0 aromatic heterocycles. The van der Waals surface area contributed by atoms with Crippen molar-refractivity contribution in [2.24, 2.45) is 0 Å². The second kappa shape index (κ2) is 6.49. The number of nitrogens with one attached hydrogen (secondary N) is 1. The van der Waals surface area contributed by atoms with Gasteiger partial charge in [0.15, 0.2) is 0 Å². The maximum Gasteiger partial charge on any atom is 0.308 e. The van der Waals surface area contributed by atoms with Gasteiger partial charge in [-0.3, -0.25) is 0 Å². The molecule has 0 spiro atoms.